The second-order valence-corrected chi connectivity index (χ2v) is 15.3. The van der Waals surface area contributed by atoms with E-state index in [0.717, 1.165) is 32.4 Å². The Balaban J connectivity index is 1.28. The average Bonchev–Trinajstić information content (AvgIpc) is 3.43. The third-order valence-corrected chi connectivity index (χ3v) is 10.1. The van der Waals surface area contributed by atoms with Gasteiger partial charge in [-0.1, -0.05) is 23.7 Å². The van der Waals surface area contributed by atoms with E-state index in [9.17, 15) is 19.2 Å². The summed E-state index contributed by atoms with van der Waals surface area (Å²) in [6, 6.07) is 20.2. The Hall–Kier alpha value is -4.24. The minimum absolute atomic E-state index is 0.202. The molecule has 3 aromatic carbocycles. The predicted molar refractivity (Wildman–Crippen MR) is 182 cm³/mol. The molecule has 1 aromatic heterocycles. The van der Waals surface area contributed by atoms with Crippen LogP contribution < -0.4 is 20.9 Å². The number of nitrogens with two attached hydrogens (primary N) is 1. The van der Waals surface area contributed by atoms with Crippen LogP contribution in [-0.4, -0.2) is 54.4 Å². The molecule has 1 aliphatic carbocycles. The summed E-state index contributed by atoms with van der Waals surface area (Å²) in [5, 5.41) is 7.92. The fourth-order valence-electron chi connectivity index (χ4n) is 5.16. The Bertz CT molecular complexity index is 1830. The maximum atomic E-state index is 13.0. The van der Waals surface area contributed by atoms with Crippen LogP contribution in [0.2, 0.25) is 5.02 Å². The number of aromatic nitrogens is 2. The number of carbonyl (C=O) groups excluding carboxylic acids is 4. The van der Waals surface area contributed by atoms with E-state index in [4.69, 9.17) is 22.2 Å². The van der Waals surface area contributed by atoms with Crippen LogP contribution in [0.5, 0.6) is 0 Å². The molecular formula is C35H36AsClN5O5. The van der Waals surface area contributed by atoms with Gasteiger partial charge in [-0.05, 0) is 12.1 Å². The summed E-state index contributed by atoms with van der Waals surface area (Å²) >= 11 is 5.54. The topological polar surface area (TPSA) is 145 Å². The van der Waals surface area contributed by atoms with Gasteiger partial charge in [0.2, 0.25) is 0 Å². The van der Waals surface area contributed by atoms with Crippen LogP contribution in [0.3, 0.4) is 0 Å². The van der Waals surface area contributed by atoms with Gasteiger partial charge in [0.25, 0.3) is 0 Å². The van der Waals surface area contributed by atoms with Gasteiger partial charge >= 0.3 is 245 Å². The number of carbonyl (C=O) groups is 4. The zero-order valence-electron chi connectivity index (χ0n) is 26.4. The number of primary amides is 1. The van der Waals surface area contributed by atoms with Gasteiger partial charge in [-0.15, -0.1) is 0 Å². The first-order valence-corrected chi connectivity index (χ1v) is 17.6. The molecule has 10 nitrogen and oxygen atoms in total. The number of rotatable bonds is 12. The summed E-state index contributed by atoms with van der Waals surface area (Å²) in [5.74, 6) is -1.26. The molecule has 47 heavy (non-hydrogen) atoms. The fraction of sp³-hybridized carbons (Fsp3) is 0.286. The molecule has 12 heteroatoms. The van der Waals surface area contributed by atoms with Crippen molar-refractivity contribution in [2.45, 2.75) is 52.9 Å². The van der Waals surface area contributed by atoms with Gasteiger partial charge in [-0.3, -0.25) is 0 Å². The van der Waals surface area contributed by atoms with Gasteiger partial charge in [0.1, 0.15) is 0 Å². The zero-order valence-corrected chi connectivity index (χ0v) is 29.1. The van der Waals surface area contributed by atoms with E-state index in [2.05, 4.69) is 15.9 Å². The van der Waals surface area contributed by atoms with Crippen LogP contribution in [0.25, 0.3) is 16.9 Å². The first kappa shape index (κ1) is 34.1. The number of fused-ring (bicyclic) bond motifs is 3. The molecule has 0 unspecified atom stereocenters. The standard InChI is InChI=1S/C35H36AsClN5O5/c1-35(2,3)34(46)47-39-19-7-6-10-29(43)36-22-13-16-24(17-14-22)42-31-26(30(41-42)32(38)44)18-12-21-11-15-23(20-27(21)31)40-33(45)25-8-4-5-9-28(25)37/h4-5,8-9,11,13-17,20,39H,6-7,10,12,18-19H2,1-3H3,(H2,38,44)(H,40,45). The fourth-order valence-corrected chi connectivity index (χ4v) is 7.17. The van der Waals surface area contributed by atoms with Crippen molar-refractivity contribution >= 4 is 59.7 Å². The van der Waals surface area contributed by atoms with Crippen LogP contribution in [0.15, 0.2) is 66.7 Å². The molecule has 0 saturated carbocycles. The molecule has 0 atom stereocenters. The molecule has 1 heterocycles. The number of anilines is 1. The van der Waals surface area contributed by atoms with Gasteiger partial charge in [-0.25, -0.2) is 0 Å². The number of amides is 2. The van der Waals surface area contributed by atoms with Gasteiger partial charge in [-0.2, -0.15) is 0 Å². The predicted octanol–water partition coefficient (Wildman–Crippen LogP) is 4.76. The number of hydroxylamine groups is 1. The summed E-state index contributed by atoms with van der Waals surface area (Å²) in [4.78, 5) is 55.0. The number of benzene rings is 3. The molecule has 4 aromatic rings. The Morgan fingerprint density at radius 3 is 2.45 bits per heavy atom. The molecule has 1 radical (unpaired) electrons. The molecule has 0 spiro atoms. The molecular weight excluding hydrogens is 681 g/mol. The molecule has 2 amide bonds. The van der Waals surface area contributed by atoms with Crippen LogP contribution in [0, 0.1) is 5.41 Å². The Morgan fingerprint density at radius 1 is 1.00 bits per heavy atom. The molecule has 0 aliphatic heterocycles. The third kappa shape index (κ3) is 8.19. The third-order valence-electron chi connectivity index (χ3n) is 7.65. The van der Waals surface area contributed by atoms with Crippen molar-refractivity contribution in [3.8, 4) is 16.9 Å². The molecule has 0 fully saturated rings. The number of nitrogens with zero attached hydrogens (tertiary/aromatic N) is 2. The van der Waals surface area contributed by atoms with Crippen molar-refractivity contribution in [1.29, 1.82) is 0 Å². The summed E-state index contributed by atoms with van der Waals surface area (Å²) in [6.45, 7) is 5.84. The first-order chi connectivity index (χ1) is 22.4. The van der Waals surface area contributed by atoms with Crippen LogP contribution in [0.4, 0.5) is 5.69 Å². The molecule has 243 valence electrons. The van der Waals surface area contributed by atoms with Gasteiger partial charge < -0.3 is 0 Å². The molecule has 5 rings (SSSR count). The minimum atomic E-state index is -0.693. The van der Waals surface area contributed by atoms with Crippen molar-refractivity contribution < 1.29 is 24.0 Å². The van der Waals surface area contributed by atoms with E-state index in [0.29, 0.717) is 54.9 Å². The van der Waals surface area contributed by atoms with Crippen molar-refractivity contribution in [3.63, 3.8) is 0 Å². The van der Waals surface area contributed by atoms with E-state index in [1.807, 2.05) is 42.5 Å². The summed E-state index contributed by atoms with van der Waals surface area (Å²) in [7, 11) is 0. The second-order valence-electron chi connectivity index (χ2n) is 12.3. The maximum absolute atomic E-state index is 13.0. The van der Waals surface area contributed by atoms with Gasteiger partial charge in [0.05, 0.1) is 5.02 Å². The molecule has 0 saturated heterocycles. The number of hydrogen-bond acceptors (Lipinski definition) is 7. The van der Waals surface area contributed by atoms with E-state index in [1.54, 1.807) is 49.7 Å². The number of unbranched alkanes of at least 4 members (excludes halogenated alkanes) is 1. The number of hydrogen-bond donors (Lipinski definition) is 3. The Morgan fingerprint density at radius 2 is 1.74 bits per heavy atom. The SMILES string of the molecule is CC(C)(C)C(=O)ONCCCCC(=O)[As]c1ccc(-n2nc(C(N)=O)c3c2-c2cc(NC(=O)c4ccccc4Cl)ccc2CC3)cc1. The van der Waals surface area contributed by atoms with Crippen molar-refractivity contribution in [2.75, 3.05) is 11.9 Å². The Kier molecular flexibility index (Phi) is 10.6. The Labute approximate surface area is 285 Å². The molecule has 0 bridgehead atoms. The van der Waals surface area contributed by atoms with Crippen molar-refractivity contribution in [3.05, 3.63) is 94.1 Å². The monoisotopic (exact) mass is 716 g/mol. The van der Waals surface area contributed by atoms with Gasteiger partial charge in [0, 0.05) is 0 Å². The molecule has 4 N–H and O–H groups in total. The van der Waals surface area contributed by atoms with E-state index in [1.165, 1.54) is 0 Å². The number of aryl methyl sites for hydroxylation is 1. The van der Waals surface area contributed by atoms with Gasteiger partial charge in [0.15, 0.2) is 0 Å². The quantitative estimate of drug-likeness (QED) is 0.109. The first-order valence-electron chi connectivity index (χ1n) is 15.3. The average molecular weight is 717 g/mol. The molecule has 1 aliphatic rings. The van der Waals surface area contributed by atoms with Crippen molar-refractivity contribution in [1.82, 2.24) is 15.3 Å². The normalized spacial score (nSPS) is 12.4. The summed E-state index contributed by atoms with van der Waals surface area (Å²) in [5.41, 5.74) is 13.1. The number of nitrogens with one attached hydrogen (secondary N) is 2. The van der Waals surface area contributed by atoms with E-state index < -0.39 is 27.1 Å². The summed E-state index contributed by atoms with van der Waals surface area (Å²) in [6.07, 6.45) is 3.15. The zero-order chi connectivity index (χ0) is 33.7. The van der Waals surface area contributed by atoms with Crippen LogP contribution in [-0.2, 0) is 27.3 Å². The van der Waals surface area contributed by atoms with E-state index >= 15 is 0 Å². The summed E-state index contributed by atoms with van der Waals surface area (Å²) < 4.78 is 2.87. The van der Waals surface area contributed by atoms with Crippen molar-refractivity contribution in [2.24, 2.45) is 11.1 Å². The number of halogens is 1. The van der Waals surface area contributed by atoms with E-state index in [-0.39, 0.29) is 22.1 Å². The van der Waals surface area contributed by atoms with Crippen LogP contribution in [0.1, 0.15) is 72.0 Å². The second kappa shape index (κ2) is 14.7. The van der Waals surface area contributed by atoms with Crippen LogP contribution >= 0.6 is 11.6 Å².